The van der Waals surface area contributed by atoms with E-state index in [2.05, 4.69) is 32.2 Å². The summed E-state index contributed by atoms with van der Waals surface area (Å²) >= 11 is 1.74. The summed E-state index contributed by atoms with van der Waals surface area (Å²) in [6.45, 7) is 6.27. The molecule has 4 heterocycles. The summed E-state index contributed by atoms with van der Waals surface area (Å²) in [5.74, 6) is 0. The summed E-state index contributed by atoms with van der Waals surface area (Å²) < 4.78 is 6.11. The summed E-state index contributed by atoms with van der Waals surface area (Å²) in [6, 6.07) is 0. The third-order valence-corrected chi connectivity index (χ3v) is 6.13. The second kappa shape index (κ2) is 6.86. The number of aromatic nitrogens is 3. The van der Waals surface area contributed by atoms with Crippen LogP contribution in [0.25, 0.3) is 0 Å². The Hall–Kier alpha value is -1.37. The third-order valence-electron chi connectivity index (χ3n) is 5.31. The van der Waals surface area contributed by atoms with E-state index >= 15 is 0 Å². The maximum Gasteiger partial charge on any atom is 0.0897 e. The number of hydrogen-bond donors (Lipinski definition) is 0. The average Bonchev–Trinajstić information content (AvgIpc) is 3.18. The van der Waals surface area contributed by atoms with Crippen LogP contribution in [-0.2, 0) is 17.7 Å². The molecule has 0 radical (unpaired) electrons. The summed E-state index contributed by atoms with van der Waals surface area (Å²) in [5.41, 5.74) is 2.63. The van der Waals surface area contributed by atoms with Gasteiger partial charge in [0.15, 0.2) is 0 Å². The van der Waals surface area contributed by atoms with E-state index in [4.69, 9.17) is 4.74 Å². The van der Waals surface area contributed by atoms with Crippen molar-refractivity contribution in [3.8, 4) is 0 Å². The second-order valence-electron chi connectivity index (χ2n) is 7.17. The quantitative estimate of drug-likeness (QED) is 0.854. The summed E-state index contributed by atoms with van der Waals surface area (Å²) in [7, 11) is 0. The summed E-state index contributed by atoms with van der Waals surface area (Å²) in [6.07, 6.45) is 10.1. The molecule has 2 saturated heterocycles. The Labute approximate surface area is 147 Å². The van der Waals surface area contributed by atoms with Gasteiger partial charge >= 0.3 is 0 Å². The van der Waals surface area contributed by atoms with Crippen LogP contribution in [0.3, 0.4) is 0 Å². The second-order valence-corrected chi connectivity index (χ2v) is 8.23. The average molecular weight is 344 g/mol. The minimum absolute atomic E-state index is 0.300. The van der Waals surface area contributed by atoms with Crippen LogP contribution in [-0.4, -0.2) is 45.7 Å². The van der Waals surface area contributed by atoms with Crippen molar-refractivity contribution in [3.63, 3.8) is 0 Å². The van der Waals surface area contributed by atoms with Gasteiger partial charge in [0.2, 0.25) is 0 Å². The van der Waals surface area contributed by atoms with E-state index < -0.39 is 0 Å². The lowest BCUT2D eigenvalue weighted by Crippen LogP contribution is -2.40. The lowest BCUT2D eigenvalue weighted by atomic mass is 9.76. The van der Waals surface area contributed by atoms with Gasteiger partial charge in [-0.15, -0.1) is 11.3 Å². The fourth-order valence-electron chi connectivity index (χ4n) is 3.94. The van der Waals surface area contributed by atoms with Crippen LogP contribution < -0.4 is 0 Å². The van der Waals surface area contributed by atoms with Gasteiger partial charge in [0.1, 0.15) is 0 Å². The molecule has 2 fully saturated rings. The van der Waals surface area contributed by atoms with Crippen LogP contribution in [0.15, 0.2) is 24.0 Å². The van der Waals surface area contributed by atoms with E-state index in [0.717, 1.165) is 49.8 Å². The van der Waals surface area contributed by atoms with Gasteiger partial charge in [-0.3, -0.25) is 14.9 Å². The third kappa shape index (κ3) is 3.66. The van der Waals surface area contributed by atoms with E-state index in [-0.39, 0.29) is 0 Å². The Bertz CT molecular complexity index is 667. The number of piperidine rings is 1. The van der Waals surface area contributed by atoms with Gasteiger partial charge in [-0.05, 0) is 44.7 Å². The highest BCUT2D eigenvalue weighted by Crippen LogP contribution is 2.42. The Morgan fingerprint density at radius 3 is 2.88 bits per heavy atom. The largest absolute Gasteiger partial charge is 0.377 e. The first-order valence-corrected chi connectivity index (χ1v) is 9.59. The van der Waals surface area contributed by atoms with Crippen molar-refractivity contribution in [2.24, 2.45) is 5.41 Å². The SMILES string of the molecule is Cc1nc(CN2CCC3(CC2)CO[C@@H](Cc2cnccn2)C3)cs1. The predicted octanol–water partition coefficient (Wildman–Crippen LogP) is 2.86. The maximum atomic E-state index is 6.11. The molecule has 4 rings (SSSR count). The Morgan fingerprint density at radius 2 is 2.17 bits per heavy atom. The zero-order valence-electron chi connectivity index (χ0n) is 14.1. The summed E-state index contributed by atoms with van der Waals surface area (Å²) in [5, 5.41) is 3.35. The van der Waals surface area contributed by atoms with Crippen molar-refractivity contribution in [1.82, 2.24) is 19.9 Å². The van der Waals surface area contributed by atoms with E-state index in [1.54, 1.807) is 23.7 Å². The molecule has 6 heteroatoms. The molecule has 24 heavy (non-hydrogen) atoms. The molecule has 2 aromatic heterocycles. The predicted molar refractivity (Wildman–Crippen MR) is 93.9 cm³/mol. The van der Waals surface area contributed by atoms with Crippen molar-refractivity contribution in [1.29, 1.82) is 0 Å². The number of hydrogen-bond acceptors (Lipinski definition) is 6. The molecule has 0 bridgehead atoms. The highest BCUT2D eigenvalue weighted by Gasteiger charge is 2.42. The van der Waals surface area contributed by atoms with Gasteiger partial charge in [0.05, 0.1) is 29.1 Å². The van der Waals surface area contributed by atoms with E-state index in [1.165, 1.54) is 18.5 Å². The molecular weight excluding hydrogens is 320 g/mol. The van der Waals surface area contributed by atoms with E-state index in [0.29, 0.717) is 11.5 Å². The lowest BCUT2D eigenvalue weighted by molar-refractivity contribution is 0.0626. The minimum atomic E-state index is 0.300. The number of nitrogens with zero attached hydrogens (tertiary/aromatic N) is 4. The number of likely N-dealkylation sites (tertiary alicyclic amines) is 1. The number of ether oxygens (including phenoxy) is 1. The molecule has 0 saturated carbocycles. The molecule has 1 spiro atoms. The highest BCUT2D eigenvalue weighted by atomic mass is 32.1. The van der Waals surface area contributed by atoms with Gasteiger partial charge in [0.25, 0.3) is 0 Å². The topological polar surface area (TPSA) is 51.1 Å². The van der Waals surface area contributed by atoms with Crippen molar-refractivity contribution in [3.05, 3.63) is 40.4 Å². The smallest absolute Gasteiger partial charge is 0.0897 e. The standard InChI is InChI=1S/C18H24N4OS/c1-14-21-16(12-24-14)11-22-6-2-18(3-7-22)9-17(23-13-18)8-15-10-19-4-5-20-15/h4-5,10,12,17H,2-3,6-9,11,13H2,1H3/t17-/m0/s1. The molecular formula is C18H24N4OS. The van der Waals surface area contributed by atoms with Gasteiger partial charge < -0.3 is 4.74 Å². The van der Waals surface area contributed by atoms with Crippen LogP contribution >= 0.6 is 11.3 Å². The van der Waals surface area contributed by atoms with E-state index in [9.17, 15) is 0 Å². The van der Waals surface area contributed by atoms with Gasteiger partial charge in [-0.2, -0.15) is 0 Å². The van der Waals surface area contributed by atoms with E-state index in [1.807, 2.05) is 6.20 Å². The monoisotopic (exact) mass is 344 g/mol. The van der Waals surface area contributed by atoms with Crippen molar-refractivity contribution in [2.45, 2.75) is 45.3 Å². The minimum Gasteiger partial charge on any atom is -0.377 e. The molecule has 0 aliphatic carbocycles. The zero-order valence-corrected chi connectivity index (χ0v) is 15.0. The molecule has 0 N–H and O–H groups in total. The molecule has 0 aromatic carbocycles. The van der Waals surface area contributed by atoms with Crippen LogP contribution in [0.4, 0.5) is 0 Å². The van der Waals surface area contributed by atoms with Gasteiger partial charge in [-0.1, -0.05) is 0 Å². The Kier molecular flexibility index (Phi) is 4.61. The van der Waals surface area contributed by atoms with Gasteiger partial charge in [-0.25, -0.2) is 4.98 Å². The molecule has 0 amide bonds. The fraction of sp³-hybridized carbons (Fsp3) is 0.611. The molecule has 1 atom stereocenters. The highest BCUT2D eigenvalue weighted by molar-refractivity contribution is 7.09. The molecule has 2 aliphatic heterocycles. The first-order valence-electron chi connectivity index (χ1n) is 8.71. The van der Waals surface area contributed by atoms with Crippen molar-refractivity contribution < 1.29 is 4.74 Å². The lowest BCUT2D eigenvalue weighted by Gasteiger charge is -2.38. The number of thiazole rings is 1. The van der Waals surface area contributed by atoms with Crippen LogP contribution in [0.2, 0.25) is 0 Å². The van der Waals surface area contributed by atoms with Crippen LogP contribution in [0.5, 0.6) is 0 Å². The van der Waals surface area contributed by atoms with Crippen LogP contribution in [0, 0.1) is 12.3 Å². The molecule has 0 unspecified atom stereocenters. The zero-order chi connectivity index (χ0) is 16.4. The molecule has 128 valence electrons. The molecule has 2 aliphatic rings. The van der Waals surface area contributed by atoms with Crippen LogP contribution in [0.1, 0.15) is 35.7 Å². The molecule has 2 aromatic rings. The summed E-state index contributed by atoms with van der Waals surface area (Å²) in [4.78, 5) is 15.7. The normalized spacial score (nSPS) is 23.8. The maximum absolute atomic E-state index is 6.11. The molecule has 5 nitrogen and oxygen atoms in total. The van der Waals surface area contributed by atoms with Gasteiger partial charge in [0, 0.05) is 36.9 Å². The van der Waals surface area contributed by atoms with Crippen molar-refractivity contribution in [2.75, 3.05) is 19.7 Å². The Balaban J connectivity index is 1.29. The first kappa shape index (κ1) is 16.1. The fourth-order valence-corrected chi connectivity index (χ4v) is 4.54. The van der Waals surface area contributed by atoms with Crippen molar-refractivity contribution >= 4 is 11.3 Å². The first-order chi connectivity index (χ1) is 11.7. The Morgan fingerprint density at radius 1 is 1.29 bits per heavy atom. The number of rotatable bonds is 4. The number of aryl methyl sites for hydroxylation is 1.